The Morgan fingerprint density at radius 1 is 1.11 bits per heavy atom. The Kier molecular flexibility index (Phi) is 2.53. The quantitative estimate of drug-likeness (QED) is 0.623. The Morgan fingerprint density at radius 2 is 1.95 bits per heavy atom. The van der Waals surface area contributed by atoms with Crippen molar-refractivity contribution in [3.8, 4) is 11.8 Å². The van der Waals surface area contributed by atoms with Gasteiger partial charge in [-0.1, -0.05) is 0 Å². The number of ether oxygens (including phenoxy) is 1. The maximum absolute atomic E-state index is 13.2. The normalized spacial score (nSPS) is 10.6. The molecule has 3 aromatic rings. The summed E-state index contributed by atoms with van der Waals surface area (Å²) in [6, 6.07) is 11.7. The van der Waals surface area contributed by atoms with Crippen molar-refractivity contribution in [1.82, 2.24) is 4.98 Å². The molecule has 0 amide bonds. The third-order valence-electron chi connectivity index (χ3n) is 3.05. The van der Waals surface area contributed by atoms with Gasteiger partial charge in [0.15, 0.2) is 0 Å². The van der Waals surface area contributed by atoms with Crippen LogP contribution in [0.25, 0.3) is 21.8 Å². The predicted octanol–water partition coefficient (Wildman–Crippen LogP) is 3.41. The van der Waals surface area contributed by atoms with E-state index >= 15 is 0 Å². The minimum atomic E-state index is -0.364. The van der Waals surface area contributed by atoms with Gasteiger partial charge in [0.1, 0.15) is 17.6 Å². The molecule has 0 spiro atoms. The van der Waals surface area contributed by atoms with Gasteiger partial charge in [0.2, 0.25) is 0 Å². The maximum Gasteiger partial charge on any atom is 0.125 e. The number of rotatable bonds is 1. The number of fused-ring (bicyclic) bond motifs is 2. The van der Waals surface area contributed by atoms with E-state index < -0.39 is 0 Å². The SMILES string of the molecule is COc1ccc2nc3cc(F)ccc3c(C#N)c2c1. The number of halogens is 1. The van der Waals surface area contributed by atoms with Gasteiger partial charge in [-0.05, 0) is 30.3 Å². The van der Waals surface area contributed by atoms with Gasteiger partial charge in [-0.2, -0.15) is 5.26 Å². The molecule has 3 nitrogen and oxygen atoms in total. The predicted molar refractivity (Wildman–Crippen MR) is 70.5 cm³/mol. The lowest BCUT2D eigenvalue weighted by atomic mass is 10.0. The van der Waals surface area contributed by atoms with Crippen LogP contribution in [-0.4, -0.2) is 12.1 Å². The number of pyridine rings is 1. The number of hydrogen-bond donors (Lipinski definition) is 0. The van der Waals surface area contributed by atoms with Gasteiger partial charge in [0.25, 0.3) is 0 Å². The first kappa shape index (κ1) is 11.4. The van der Waals surface area contributed by atoms with Crippen molar-refractivity contribution in [2.24, 2.45) is 0 Å². The smallest absolute Gasteiger partial charge is 0.125 e. The zero-order valence-electron chi connectivity index (χ0n) is 10.1. The molecule has 0 fully saturated rings. The van der Waals surface area contributed by atoms with Gasteiger partial charge in [-0.25, -0.2) is 9.37 Å². The lowest BCUT2D eigenvalue weighted by molar-refractivity contribution is 0.415. The highest BCUT2D eigenvalue weighted by Gasteiger charge is 2.10. The van der Waals surface area contributed by atoms with E-state index in [1.165, 1.54) is 12.1 Å². The molecule has 0 saturated heterocycles. The van der Waals surface area contributed by atoms with Crippen molar-refractivity contribution in [3.05, 3.63) is 47.8 Å². The first-order valence-corrected chi connectivity index (χ1v) is 5.70. The van der Waals surface area contributed by atoms with Crippen molar-refractivity contribution in [2.45, 2.75) is 0 Å². The molecule has 0 N–H and O–H groups in total. The Bertz CT molecular complexity index is 837. The molecule has 0 aliphatic carbocycles. The fraction of sp³-hybridized carbons (Fsp3) is 0.0667. The van der Waals surface area contributed by atoms with Gasteiger partial charge < -0.3 is 4.74 Å². The van der Waals surface area contributed by atoms with E-state index in [0.29, 0.717) is 33.1 Å². The minimum Gasteiger partial charge on any atom is -0.497 e. The number of aromatic nitrogens is 1. The second kappa shape index (κ2) is 4.21. The van der Waals surface area contributed by atoms with Crippen LogP contribution in [0.3, 0.4) is 0 Å². The molecule has 2 aromatic carbocycles. The summed E-state index contributed by atoms with van der Waals surface area (Å²) in [5, 5.41) is 10.7. The molecule has 0 aliphatic rings. The van der Waals surface area contributed by atoms with Crippen LogP contribution in [0.5, 0.6) is 5.75 Å². The second-order valence-corrected chi connectivity index (χ2v) is 4.14. The Morgan fingerprint density at radius 3 is 2.68 bits per heavy atom. The number of methoxy groups -OCH3 is 1. The molecule has 4 heteroatoms. The number of hydrogen-bond acceptors (Lipinski definition) is 3. The molecule has 92 valence electrons. The van der Waals surface area contributed by atoms with Crippen molar-refractivity contribution in [2.75, 3.05) is 7.11 Å². The van der Waals surface area contributed by atoms with Gasteiger partial charge in [0.05, 0.1) is 23.7 Å². The van der Waals surface area contributed by atoms with Crippen molar-refractivity contribution >= 4 is 21.8 Å². The molecule has 0 bridgehead atoms. The standard InChI is InChI=1S/C15H9FN2O/c1-19-10-3-5-14-12(7-10)13(8-17)11-4-2-9(16)6-15(11)18-14/h2-7H,1H3. The van der Waals surface area contributed by atoms with Crippen molar-refractivity contribution in [1.29, 1.82) is 5.26 Å². The summed E-state index contributed by atoms with van der Waals surface area (Å²) < 4.78 is 18.4. The lowest BCUT2D eigenvalue weighted by Crippen LogP contribution is -1.91. The van der Waals surface area contributed by atoms with Crippen molar-refractivity contribution in [3.63, 3.8) is 0 Å². The number of benzene rings is 2. The average molecular weight is 252 g/mol. The van der Waals surface area contributed by atoms with Crippen LogP contribution >= 0.6 is 0 Å². The monoisotopic (exact) mass is 252 g/mol. The summed E-state index contributed by atoms with van der Waals surface area (Å²) in [7, 11) is 1.57. The fourth-order valence-corrected chi connectivity index (χ4v) is 2.14. The maximum atomic E-state index is 13.2. The highest BCUT2D eigenvalue weighted by Crippen LogP contribution is 2.28. The van der Waals surface area contributed by atoms with E-state index in [2.05, 4.69) is 11.1 Å². The van der Waals surface area contributed by atoms with E-state index in [0.717, 1.165) is 0 Å². The Hall–Kier alpha value is -2.67. The summed E-state index contributed by atoms with van der Waals surface area (Å²) in [5.41, 5.74) is 1.61. The summed E-state index contributed by atoms with van der Waals surface area (Å²) in [4.78, 5) is 4.38. The topological polar surface area (TPSA) is 45.9 Å². The molecule has 1 heterocycles. The van der Waals surface area contributed by atoms with Crippen molar-refractivity contribution < 1.29 is 9.13 Å². The van der Waals surface area contributed by atoms with Gasteiger partial charge in [0, 0.05) is 16.8 Å². The third-order valence-corrected chi connectivity index (χ3v) is 3.05. The molecular weight excluding hydrogens is 243 g/mol. The molecule has 0 atom stereocenters. The molecule has 19 heavy (non-hydrogen) atoms. The molecule has 0 unspecified atom stereocenters. The number of nitriles is 1. The largest absolute Gasteiger partial charge is 0.497 e. The minimum absolute atomic E-state index is 0.364. The van der Waals surface area contributed by atoms with E-state index in [1.807, 2.05) is 0 Å². The number of nitrogens with zero attached hydrogens (tertiary/aromatic N) is 2. The van der Waals surface area contributed by atoms with E-state index in [-0.39, 0.29) is 5.82 Å². The molecule has 0 radical (unpaired) electrons. The summed E-state index contributed by atoms with van der Waals surface area (Å²) in [5.74, 6) is 0.295. The summed E-state index contributed by atoms with van der Waals surface area (Å²) in [6.07, 6.45) is 0. The van der Waals surface area contributed by atoms with E-state index in [9.17, 15) is 9.65 Å². The van der Waals surface area contributed by atoms with Crippen LogP contribution in [0, 0.1) is 17.1 Å². The second-order valence-electron chi connectivity index (χ2n) is 4.14. The highest BCUT2D eigenvalue weighted by molar-refractivity contribution is 6.00. The molecule has 0 aliphatic heterocycles. The Labute approximate surface area is 108 Å². The van der Waals surface area contributed by atoms with Crippen LogP contribution in [0.2, 0.25) is 0 Å². The van der Waals surface area contributed by atoms with Gasteiger partial charge in [-0.3, -0.25) is 0 Å². The van der Waals surface area contributed by atoms with Gasteiger partial charge >= 0.3 is 0 Å². The molecule has 3 rings (SSSR count). The zero-order valence-corrected chi connectivity index (χ0v) is 10.1. The van der Waals surface area contributed by atoms with E-state index in [1.54, 1.807) is 31.4 Å². The molecule has 1 aromatic heterocycles. The van der Waals surface area contributed by atoms with Gasteiger partial charge in [-0.15, -0.1) is 0 Å². The third kappa shape index (κ3) is 1.76. The highest BCUT2D eigenvalue weighted by atomic mass is 19.1. The average Bonchev–Trinajstić information content (AvgIpc) is 2.44. The first-order valence-electron chi connectivity index (χ1n) is 5.70. The summed E-state index contributed by atoms with van der Waals surface area (Å²) in [6.45, 7) is 0. The van der Waals surface area contributed by atoms with Crippen LogP contribution in [-0.2, 0) is 0 Å². The van der Waals surface area contributed by atoms with Crippen LogP contribution in [0.15, 0.2) is 36.4 Å². The molecular formula is C15H9FN2O. The van der Waals surface area contributed by atoms with Crippen LogP contribution < -0.4 is 4.74 Å². The fourth-order valence-electron chi connectivity index (χ4n) is 2.14. The van der Waals surface area contributed by atoms with Crippen LogP contribution in [0.1, 0.15) is 5.56 Å². The summed E-state index contributed by atoms with van der Waals surface area (Å²) >= 11 is 0. The Balaban J connectivity index is 2.50. The van der Waals surface area contributed by atoms with E-state index in [4.69, 9.17) is 4.74 Å². The lowest BCUT2D eigenvalue weighted by Gasteiger charge is -2.07. The molecule has 0 saturated carbocycles. The zero-order chi connectivity index (χ0) is 13.4. The first-order chi connectivity index (χ1) is 9.22. The van der Waals surface area contributed by atoms with Crippen LogP contribution in [0.4, 0.5) is 4.39 Å².